The van der Waals surface area contributed by atoms with E-state index in [0.29, 0.717) is 51.4 Å². The normalized spacial score (nSPS) is 16.1. The van der Waals surface area contributed by atoms with Crippen molar-refractivity contribution < 1.29 is 22.8 Å². The molecule has 1 heterocycles. The van der Waals surface area contributed by atoms with Crippen LogP contribution in [-0.4, -0.2) is 67.4 Å². The number of benzene rings is 1. The smallest absolute Gasteiger partial charge is 0.355 e. The van der Waals surface area contributed by atoms with Gasteiger partial charge in [0.2, 0.25) is 11.8 Å². The molecular weight excluding hydrogens is 361 g/mol. The summed E-state index contributed by atoms with van der Waals surface area (Å²) in [6.45, 7) is 5.67. The number of hydrogen-bond acceptors (Lipinski definition) is 4. The van der Waals surface area contributed by atoms with E-state index in [9.17, 15) is 22.8 Å². The van der Waals surface area contributed by atoms with Gasteiger partial charge in [-0.05, 0) is 11.6 Å². The van der Waals surface area contributed by atoms with E-state index >= 15 is 0 Å². The second-order valence-electron chi connectivity index (χ2n) is 6.58. The van der Waals surface area contributed by atoms with Crippen LogP contribution in [0, 0.1) is 0 Å². The van der Waals surface area contributed by atoms with Crippen molar-refractivity contribution in [1.82, 2.24) is 20.4 Å². The minimum absolute atomic E-state index is 0.105. The molecule has 1 saturated heterocycles. The fourth-order valence-corrected chi connectivity index (χ4v) is 2.91. The molecule has 1 aromatic rings. The standard InChI is InChI=1S/C18H25F3N4O2/c1-14(26)22-5-6-23-17(27)13-25-9-7-24(8-10-25)12-15-3-2-4-16(11-15)18(19,20)21/h2-4,11H,5-10,12-13H2,1H3,(H,22,26)(H,23,27). The molecule has 0 bridgehead atoms. The van der Waals surface area contributed by atoms with Crippen LogP contribution in [0.4, 0.5) is 13.2 Å². The van der Waals surface area contributed by atoms with Crippen LogP contribution in [0.15, 0.2) is 24.3 Å². The van der Waals surface area contributed by atoms with Gasteiger partial charge in [0.25, 0.3) is 0 Å². The summed E-state index contributed by atoms with van der Waals surface area (Å²) >= 11 is 0. The third kappa shape index (κ3) is 7.56. The Balaban J connectivity index is 1.71. The van der Waals surface area contributed by atoms with Crippen molar-refractivity contribution in [2.24, 2.45) is 0 Å². The minimum atomic E-state index is -4.33. The molecule has 1 aliphatic heterocycles. The van der Waals surface area contributed by atoms with Crippen molar-refractivity contribution in [2.45, 2.75) is 19.6 Å². The number of rotatable bonds is 7. The Morgan fingerprint density at radius 2 is 1.67 bits per heavy atom. The molecule has 27 heavy (non-hydrogen) atoms. The molecular formula is C18H25F3N4O2. The van der Waals surface area contributed by atoms with Gasteiger partial charge in [0, 0.05) is 52.7 Å². The monoisotopic (exact) mass is 386 g/mol. The first-order chi connectivity index (χ1) is 12.7. The van der Waals surface area contributed by atoms with E-state index in [1.807, 2.05) is 4.90 Å². The Kier molecular flexibility index (Phi) is 7.61. The number of carbonyl (C=O) groups excluding carboxylic acids is 2. The zero-order valence-electron chi connectivity index (χ0n) is 15.3. The molecule has 2 rings (SSSR count). The van der Waals surface area contributed by atoms with Gasteiger partial charge in [0.05, 0.1) is 12.1 Å². The molecule has 6 nitrogen and oxygen atoms in total. The number of carbonyl (C=O) groups is 2. The van der Waals surface area contributed by atoms with E-state index in [0.717, 1.165) is 6.07 Å². The van der Waals surface area contributed by atoms with Crippen molar-refractivity contribution in [3.05, 3.63) is 35.4 Å². The van der Waals surface area contributed by atoms with Crippen LogP contribution < -0.4 is 10.6 Å². The predicted octanol–water partition coefficient (Wildman–Crippen LogP) is 1.08. The lowest BCUT2D eigenvalue weighted by Crippen LogP contribution is -2.49. The summed E-state index contributed by atoms with van der Waals surface area (Å²) in [6, 6.07) is 5.39. The molecule has 0 radical (unpaired) electrons. The summed E-state index contributed by atoms with van der Waals surface area (Å²) in [4.78, 5) is 26.7. The average Bonchev–Trinajstić information content (AvgIpc) is 2.60. The summed E-state index contributed by atoms with van der Waals surface area (Å²) in [5.41, 5.74) is 0.00330. The van der Waals surface area contributed by atoms with Crippen molar-refractivity contribution in [2.75, 3.05) is 45.8 Å². The van der Waals surface area contributed by atoms with Gasteiger partial charge >= 0.3 is 6.18 Å². The predicted molar refractivity (Wildman–Crippen MR) is 94.9 cm³/mol. The van der Waals surface area contributed by atoms with Gasteiger partial charge in [-0.3, -0.25) is 19.4 Å². The second-order valence-corrected chi connectivity index (χ2v) is 6.58. The molecule has 0 saturated carbocycles. The number of halogens is 3. The van der Waals surface area contributed by atoms with Gasteiger partial charge in [-0.25, -0.2) is 0 Å². The van der Waals surface area contributed by atoms with E-state index in [2.05, 4.69) is 15.5 Å². The number of hydrogen-bond donors (Lipinski definition) is 2. The molecule has 9 heteroatoms. The van der Waals surface area contributed by atoms with Crippen LogP contribution in [-0.2, 0) is 22.3 Å². The summed E-state index contributed by atoms with van der Waals surface area (Å²) in [7, 11) is 0. The molecule has 0 aliphatic carbocycles. The SMILES string of the molecule is CC(=O)NCCNC(=O)CN1CCN(Cc2cccc(C(F)(F)F)c2)CC1. The van der Waals surface area contributed by atoms with Gasteiger partial charge < -0.3 is 10.6 Å². The van der Waals surface area contributed by atoms with E-state index in [4.69, 9.17) is 0 Å². The number of amides is 2. The van der Waals surface area contributed by atoms with Crippen LogP contribution in [0.25, 0.3) is 0 Å². The van der Waals surface area contributed by atoms with Crippen LogP contribution >= 0.6 is 0 Å². The lowest BCUT2D eigenvalue weighted by Gasteiger charge is -2.34. The van der Waals surface area contributed by atoms with Crippen LogP contribution in [0.1, 0.15) is 18.1 Å². The first-order valence-corrected chi connectivity index (χ1v) is 8.86. The summed E-state index contributed by atoms with van der Waals surface area (Å²) in [5, 5.41) is 5.34. The lowest BCUT2D eigenvalue weighted by atomic mass is 10.1. The first kappa shape index (κ1) is 21.2. The minimum Gasteiger partial charge on any atom is -0.355 e. The fraction of sp³-hybridized carbons (Fsp3) is 0.556. The quantitative estimate of drug-likeness (QED) is 0.689. The Hall–Kier alpha value is -2.13. The van der Waals surface area contributed by atoms with Gasteiger partial charge in [0.15, 0.2) is 0 Å². The molecule has 2 N–H and O–H groups in total. The summed E-state index contributed by atoms with van der Waals surface area (Å²) in [6.07, 6.45) is -4.33. The maximum atomic E-state index is 12.8. The Labute approximate surface area is 156 Å². The zero-order chi connectivity index (χ0) is 19.9. The van der Waals surface area contributed by atoms with Gasteiger partial charge in [0.1, 0.15) is 0 Å². The molecule has 0 atom stereocenters. The Morgan fingerprint density at radius 1 is 1.04 bits per heavy atom. The molecule has 1 aliphatic rings. The second kappa shape index (κ2) is 9.70. The maximum absolute atomic E-state index is 12.8. The molecule has 150 valence electrons. The highest BCUT2D eigenvalue weighted by Gasteiger charge is 2.30. The summed E-state index contributed by atoms with van der Waals surface area (Å²) < 4.78 is 38.4. The van der Waals surface area contributed by atoms with Gasteiger partial charge in [-0.1, -0.05) is 18.2 Å². The lowest BCUT2D eigenvalue weighted by molar-refractivity contribution is -0.137. The molecule has 1 fully saturated rings. The van der Waals surface area contributed by atoms with E-state index in [1.54, 1.807) is 6.07 Å². The Bertz CT molecular complexity index is 644. The zero-order valence-corrected chi connectivity index (χ0v) is 15.3. The van der Waals surface area contributed by atoms with Crippen molar-refractivity contribution >= 4 is 11.8 Å². The van der Waals surface area contributed by atoms with Gasteiger partial charge in [-0.15, -0.1) is 0 Å². The number of alkyl halides is 3. The molecule has 2 amide bonds. The highest BCUT2D eigenvalue weighted by atomic mass is 19.4. The third-order valence-corrected chi connectivity index (χ3v) is 4.31. The molecule has 1 aromatic carbocycles. The topological polar surface area (TPSA) is 64.7 Å². The Morgan fingerprint density at radius 3 is 2.30 bits per heavy atom. The molecule has 0 unspecified atom stereocenters. The van der Waals surface area contributed by atoms with Crippen LogP contribution in [0.2, 0.25) is 0 Å². The largest absolute Gasteiger partial charge is 0.416 e. The molecule has 0 aromatic heterocycles. The number of piperazine rings is 1. The van der Waals surface area contributed by atoms with E-state index < -0.39 is 11.7 Å². The summed E-state index contributed by atoms with van der Waals surface area (Å²) in [5.74, 6) is -0.243. The number of nitrogens with one attached hydrogen (secondary N) is 2. The maximum Gasteiger partial charge on any atom is 0.416 e. The van der Waals surface area contributed by atoms with Crippen LogP contribution in [0.3, 0.4) is 0 Å². The highest BCUT2D eigenvalue weighted by molar-refractivity contribution is 5.78. The van der Waals surface area contributed by atoms with Crippen molar-refractivity contribution in [3.63, 3.8) is 0 Å². The van der Waals surface area contributed by atoms with Gasteiger partial charge in [-0.2, -0.15) is 13.2 Å². The van der Waals surface area contributed by atoms with Crippen molar-refractivity contribution in [3.8, 4) is 0 Å². The van der Waals surface area contributed by atoms with Crippen molar-refractivity contribution in [1.29, 1.82) is 0 Å². The van der Waals surface area contributed by atoms with E-state index in [1.165, 1.54) is 19.1 Å². The van der Waals surface area contributed by atoms with E-state index in [-0.39, 0.29) is 18.4 Å². The third-order valence-electron chi connectivity index (χ3n) is 4.31. The van der Waals surface area contributed by atoms with Crippen LogP contribution in [0.5, 0.6) is 0 Å². The molecule has 0 spiro atoms. The fourth-order valence-electron chi connectivity index (χ4n) is 2.91. The first-order valence-electron chi connectivity index (χ1n) is 8.86. The average molecular weight is 386 g/mol. The number of nitrogens with zero attached hydrogens (tertiary/aromatic N) is 2. The highest BCUT2D eigenvalue weighted by Crippen LogP contribution is 2.29.